The topological polar surface area (TPSA) is 77.0 Å². The Morgan fingerprint density at radius 1 is 1.00 bits per heavy atom. The summed E-state index contributed by atoms with van der Waals surface area (Å²) >= 11 is 0. The Labute approximate surface area is 148 Å². The Balaban J connectivity index is 2.09. The van der Waals surface area contributed by atoms with E-state index in [2.05, 4.69) is 13.0 Å². The van der Waals surface area contributed by atoms with E-state index in [1.54, 1.807) is 36.4 Å². The molecule has 0 saturated carbocycles. The number of benzene rings is 2. The molecule has 4 nitrogen and oxygen atoms in total. The zero-order chi connectivity index (χ0) is 18.1. The highest BCUT2D eigenvalue weighted by atomic mass is 16.5. The highest BCUT2D eigenvalue weighted by Gasteiger charge is 2.07. The maximum atomic E-state index is 9.89. The number of aliphatic hydroxyl groups is 1. The van der Waals surface area contributed by atoms with E-state index in [4.69, 9.17) is 15.3 Å². The third kappa shape index (κ3) is 5.12. The molecule has 0 heterocycles. The number of aliphatic hydroxyl groups excluding tert-OH is 1. The van der Waals surface area contributed by atoms with Crippen LogP contribution in [0.1, 0.15) is 37.3 Å². The molecular weight excluding hydrogens is 312 g/mol. The number of aryl methyl sites for hydroxylation is 1. The minimum absolute atomic E-state index is 0.312. The van der Waals surface area contributed by atoms with Crippen molar-refractivity contribution in [2.24, 2.45) is 0 Å². The Kier molecular flexibility index (Phi) is 6.63. The highest BCUT2D eigenvalue weighted by Crippen LogP contribution is 2.25. The van der Waals surface area contributed by atoms with E-state index in [0.717, 1.165) is 12.2 Å². The quantitative estimate of drug-likeness (QED) is 0.411. The van der Waals surface area contributed by atoms with Crippen molar-refractivity contribution in [3.05, 3.63) is 65.2 Å². The van der Waals surface area contributed by atoms with Crippen LogP contribution in [0.15, 0.2) is 54.1 Å². The van der Waals surface area contributed by atoms with Crippen LogP contribution in [0, 0.1) is 22.7 Å². The molecule has 4 heteroatoms. The molecule has 0 aromatic heterocycles. The number of nitriles is 2. The molecule has 126 valence electrons. The number of allylic oxidation sites excluding steroid dienone is 1. The monoisotopic (exact) mass is 332 g/mol. The van der Waals surface area contributed by atoms with E-state index in [9.17, 15) is 5.11 Å². The largest absolute Gasteiger partial charge is 0.505 e. The molecule has 25 heavy (non-hydrogen) atoms. The van der Waals surface area contributed by atoms with Crippen LogP contribution < -0.4 is 4.74 Å². The SMILES string of the molecule is CCCCCc1cccc(Oc2ccc(C(O)=C(C#N)C#N)cc2)c1. The van der Waals surface area contributed by atoms with Gasteiger partial charge in [-0.2, -0.15) is 10.5 Å². The number of rotatable bonds is 7. The molecule has 2 aromatic carbocycles. The molecule has 0 unspecified atom stereocenters. The van der Waals surface area contributed by atoms with Crippen LogP contribution in [0.2, 0.25) is 0 Å². The smallest absolute Gasteiger partial charge is 0.171 e. The lowest BCUT2D eigenvalue weighted by molar-refractivity contribution is 0.481. The molecule has 2 aromatic rings. The van der Waals surface area contributed by atoms with Crippen molar-refractivity contribution in [1.82, 2.24) is 0 Å². The van der Waals surface area contributed by atoms with Gasteiger partial charge in [-0.15, -0.1) is 0 Å². The summed E-state index contributed by atoms with van der Waals surface area (Å²) in [6, 6.07) is 18.0. The number of hydrogen-bond acceptors (Lipinski definition) is 4. The first-order valence-corrected chi connectivity index (χ1v) is 8.28. The molecule has 0 radical (unpaired) electrons. The number of nitrogens with zero attached hydrogens (tertiary/aromatic N) is 2. The molecule has 0 aliphatic heterocycles. The van der Waals surface area contributed by atoms with Crippen LogP contribution >= 0.6 is 0 Å². The van der Waals surface area contributed by atoms with Crippen molar-refractivity contribution in [2.45, 2.75) is 32.6 Å². The summed E-state index contributed by atoms with van der Waals surface area (Å²) in [6.45, 7) is 2.19. The fraction of sp³-hybridized carbons (Fsp3) is 0.238. The standard InChI is InChI=1S/C21H20N2O2/c1-2-3-4-6-16-7-5-8-20(13-16)25-19-11-9-17(10-12-19)21(24)18(14-22)15-23/h5,7-13,24H,2-4,6H2,1H3. The molecular formula is C21H20N2O2. The normalized spacial score (nSPS) is 9.72. The van der Waals surface area contributed by atoms with Crippen molar-refractivity contribution in [1.29, 1.82) is 10.5 Å². The summed E-state index contributed by atoms with van der Waals surface area (Å²) < 4.78 is 5.85. The van der Waals surface area contributed by atoms with Gasteiger partial charge in [0.15, 0.2) is 11.3 Å². The third-order valence-electron chi connectivity index (χ3n) is 3.79. The molecule has 0 atom stereocenters. The molecule has 0 amide bonds. The van der Waals surface area contributed by atoms with Crippen LogP contribution in [-0.2, 0) is 6.42 Å². The first-order chi connectivity index (χ1) is 12.2. The first kappa shape index (κ1) is 18.1. The number of ether oxygens (including phenoxy) is 1. The van der Waals surface area contributed by atoms with Crippen molar-refractivity contribution in [2.75, 3.05) is 0 Å². The van der Waals surface area contributed by atoms with Crippen molar-refractivity contribution >= 4 is 5.76 Å². The number of hydrogen-bond donors (Lipinski definition) is 1. The highest BCUT2D eigenvalue weighted by molar-refractivity contribution is 5.69. The second-order valence-corrected chi connectivity index (χ2v) is 5.68. The van der Waals surface area contributed by atoms with Gasteiger partial charge in [0.25, 0.3) is 0 Å². The average molecular weight is 332 g/mol. The summed E-state index contributed by atoms with van der Waals surface area (Å²) in [4.78, 5) is 0. The Morgan fingerprint density at radius 3 is 2.36 bits per heavy atom. The molecule has 0 aliphatic carbocycles. The van der Waals surface area contributed by atoms with Crippen LogP contribution in [0.25, 0.3) is 5.76 Å². The molecule has 0 bridgehead atoms. The summed E-state index contributed by atoms with van der Waals surface area (Å²) in [6.07, 6.45) is 4.62. The molecule has 1 N–H and O–H groups in total. The van der Waals surface area contributed by atoms with Gasteiger partial charge in [-0.3, -0.25) is 0 Å². The van der Waals surface area contributed by atoms with Crippen molar-refractivity contribution in [3.63, 3.8) is 0 Å². The van der Waals surface area contributed by atoms with Gasteiger partial charge < -0.3 is 9.84 Å². The summed E-state index contributed by atoms with van der Waals surface area (Å²) in [5, 5.41) is 27.5. The van der Waals surface area contributed by atoms with Gasteiger partial charge in [0, 0.05) is 5.56 Å². The lowest BCUT2D eigenvalue weighted by Gasteiger charge is -2.08. The van der Waals surface area contributed by atoms with Crippen LogP contribution in [-0.4, -0.2) is 5.11 Å². The van der Waals surface area contributed by atoms with Gasteiger partial charge in [0.2, 0.25) is 0 Å². The van der Waals surface area contributed by atoms with Crippen molar-refractivity contribution in [3.8, 4) is 23.6 Å². The van der Waals surface area contributed by atoms with E-state index >= 15 is 0 Å². The molecule has 0 aliphatic rings. The maximum Gasteiger partial charge on any atom is 0.171 e. The van der Waals surface area contributed by atoms with Gasteiger partial charge in [0.05, 0.1) is 0 Å². The Bertz CT molecular complexity index is 808. The van der Waals surface area contributed by atoms with Gasteiger partial charge in [-0.25, -0.2) is 0 Å². The first-order valence-electron chi connectivity index (χ1n) is 8.28. The van der Waals surface area contributed by atoms with Gasteiger partial charge in [0.1, 0.15) is 23.6 Å². The zero-order valence-electron chi connectivity index (χ0n) is 14.2. The fourth-order valence-corrected chi connectivity index (χ4v) is 2.44. The minimum atomic E-state index is -0.325. The summed E-state index contributed by atoms with van der Waals surface area (Å²) in [7, 11) is 0. The third-order valence-corrected chi connectivity index (χ3v) is 3.79. The lowest BCUT2D eigenvalue weighted by Crippen LogP contribution is -1.90. The molecule has 0 fully saturated rings. The van der Waals surface area contributed by atoms with E-state index in [-0.39, 0.29) is 11.3 Å². The van der Waals surface area contributed by atoms with Gasteiger partial charge in [-0.1, -0.05) is 31.9 Å². The maximum absolute atomic E-state index is 9.89. The van der Waals surface area contributed by atoms with Crippen LogP contribution in [0.3, 0.4) is 0 Å². The van der Waals surface area contributed by atoms with E-state index in [1.165, 1.54) is 24.8 Å². The average Bonchev–Trinajstić information content (AvgIpc) is 2.64. The van der Waals surface area contributed by atoms with Crippen LogP contribution in [0.5, 0.6) is 11.5 Å². The Hall–Kier alpha value is -3.24. The van der Waals surface area contributed by atoms with E-state index < -0.39 is 0 Å². The van der Waals surface area contributed by atoms with Gasteiger partial charge >= 0.3 is 0 Å². The Morgan fingerprint density at radius 2 is 1.72 bits per heavy atom. The summed E-state index contributed by atoms with van der Waals surface area (Å²) in [5.74, 6) is 1.06. The molecule has 0 saturated heterocycles. The van der Waals surface area contributed by atoms with E-state index in [0.29, 0.717) is 11.3 Å². The van der Waals surface area contributed by atoms with E-state index in [1.807, 2.05) is 18.2 Å². The molecule has 0 spiro atoms. The lowest BCUT2D eigenvalue weighted by atomic mass is 10.1. The predicted molar refractivity (Wildman–Crippen MR) is 97.0 cm³/mol. The van der Waals surface area contributed by atoms with Crippen molar-refractivity contribution < 1.29 is 9.84 Å². The predicted octanol–water partition coefficient (Wildman–Crippen LogP) is 5.53. The van der Waals surface area contributed by atoms with Gasteiger partial charge in [-0.05, 0) is 54.8 Å². The summed E-state index contributed by atoms with van der Waals surface area (Å²) in [5.41, 5.74) is 1.34. The minimum Gasteiger partial charge on any atom is -0.505 e. The second-order valence-electron chi connectivity index (χ2n) is 5.68. The van der Waals surface area contributed by atoms with Crippen LogP contribution in [0.4, 0.5) is 0 Å². The number of unbranched alkanes of at least 4 members (excludes halogenated alkanes) is 2. The second kappa shape index (κ2) is 9.15. The molecule has 2 rings (SSSR count). The fourth-order valence-electron chi connectivity index (χ4n) is 2.44. The zero-order valence-corrected chi connectivity index (χ0v) is 14.2.